The molecule has 0 amide bonds. The molecule has 1 aromatic heterocycles. The van der Waals surface area contributed by atoms with E-state index in [9.17, 15) is 0 Å². The van der Waals surface area contributed by atoms with Gasteiger partial charge in [0.15, 0.2) is 0 Å². The molecular formula is C14H12NS. The zero-order chi connectivity index (χ0) is 11.2. The van der Waals surface area contributed by atoms with Gasteiger partial charge in [-0.05, 0) is 30.7 Å². The van der Waals surface area contributed by atoms with Crippen molar-refractivity contribution in [1.29, 1.82) is 0 Å². The summed E-state index contributed by atoms with van der Waals surface area (Å²) in [4.78, 5) is 6.56. The molecule has 1 heterocycles. The Balaban J connectivity index is 2.19. The Morgan fingerprint density at radius 2 is 1.88 bits per heavy atom. The predicted octanol–water partition coefficient (Wildman–Crippen LogP) is 4.08. The fraction of sp³-hybridized carbons (Fsp3) is 0. The van der Waals surface area contributed by atoms with Gasteiger partial charge >= 0.3 is 0 Å². The van der Waals surface area contributed by atoms with Gasteiger partial charge in [-0.1, -0.05) is 42.1 Å². The lowest BCUT2D eigenvalue weighted by atomic mass is 10.3. The van der Waals surface area contributed by atoms with Gasteiger partial charge in [0, 0.05) is 22.2 Å². The molecule has 0 saturated heterocycles. The van der Waals surface area contributed by atoms with E-state index < -0.39 is 0 Å². The SMILES string of the molecule is [CH2]/C=C/c1cncc(Sc2ccccc2)c1. The Hall–Kier alpha value is -1.54. The summed E-state index contributed by atoms with van der Waals surface area (Å²) in [7, 11) is 0. The van der Waals surface area contributed by atoms with Gasteiger partial charge in [-0.25, -0.2) is 0 Å². The van der Waals surface area contributed by atoms with Crippen molar-refractivity contribution in [2.45, 2.75) is 9.79 Å². The zero-order valence-corrected chi connectivity index (χ0v) is 9.65. The maximum absolute atomic E-state index is 4.20. The summed E-state index contributed by atoms with van der Waals surface area (Å²) in [5, 5.41) is 0. The quantitative estimate of drug-likeness (QED) is 0.782. The Labute approximate surface area is 100 Å². The van der Waals surface area contributed by atoms with Crippen molar-refractivity contribution >= 4 is 17.8 Å². The van der Waals surface area contributed by atoms with E-state index in [0.717, 1.165) is 10.5 Å². The first-order valence-electron chi connectivity index (χ1n) is 5.02. The molecule has 0 saturated carbocycles. The van der Waals surface area contributed by atoms with E-state index in [-0.39, 0.29) is 0 Å². The Kier molecular flexibility index (Phi) is 3.78. The third kappa shape index (κ3) is 2.97. The van der Waals surface area contributed by atoms with Crippen molar-refractivity contribution in [2.24, 2.45) is 0 Å². The van der Waals surface area contributed by atoms with E-state index in [1.54, 1.807) is 17.8 Å². The topological polar surface area (TPSA) is 12.9 Å². The minimum atomic E-state index is 1.08. The first-order valence-corrected chi connectivity index (χ1v) is 5.84. The van der Waals surface area contributed by atoms with Crippen molar-refractivity contribution in [1.82, 2.24) is 4.98 Å². The molecule has 2 aromatic rings. The molecule has 0 aliphatic carbocycles. The van der Waals surface area contributed by atoms with Gasteiger partial charge in [0.1, 0.15) is 0 Å². The summed E-state index contributed by atoms with van der Waals surface area (Å²) in [6.07, 6.45) is 7.42. The number of hydrogen-bond acceptors (Lipinski definition) is 2. The van der Waals surface area contributed by atoms with Crippen molar-refractivity contribution < 1.29 is 0 Å². The summed E-state index contributed by atoms with van der Waals surface area (Å²) in [6.45, 7) is 3.68. The number of aromatic nitrogens is 1. The van der Waals surface area contributed by atoms with Crippen LogP contribution in [0.3, 0.4) is 0 Å². The molecule has 1 aromatic carbocycles. The molecule has 2 rings (SSSR count). The third-order valence-electron chi connectivity index (χ3n) is 2.02. The normalized spacial score (nSPS) is 10.8. The summed E-state index contributed by atoms with van der Waals surface area (Å²) < 4.78 is 0. The third-order valence-corrected chi connectivity index (χ3v) is 2.99. The number of nitrogens with zero attached hydrogens (tertiary/aromatic N) is 1. The Morgan fingerprint density at radius 1 is 1.06 bits per heavy atom. The van der Waals surface area contributed by atoms with Crippen LogP contribution in [0.25, 0.3) is 6.08 Å². The summed E-state index contributed by atoms with van der Waals surface area (Å²) in [5.74, 6) is 0. The van der Waals surface area contributed by atoms with Gasteiger partial charge in [0.2, 0.25) is 0 Å². The lowest BCUT2D eigenvalue weighted by molar-refractivity contribution is 1.22. The van der Waals surface area contributed by atoms with E-state index in [4.69, 9.17) is 0 Å². The highest BCUT2D eigenvalue weighted by molar-refractivity contribution is 7.99. The molecule has 16 heavy (non-hydrogen) atoms. The van der Waals surface area contributed by atoms with Gasteiger partial charge in [0.05, 0.1) is 0 Å². The monoisotopic (exact) mass is 226 g/mol. The van der Waals surface area contributed by atoms with Gasteiger partial charge in [-0.15, -0.1) is 0 Å². The molecule has 0 N–H and O–H groups in total. The first-order chi connectivity index (χ1) is 7.88. The van der Waals surface area contributed by atoms with Gasteiger partial charge in [-0.3, -0.25) is 4.98 Å². The average Bonchev–Trinajstić information content (AvgIpc) is 2.31. The predicted molar refractivity (Wildman–Crippen MR) is 69.2 cm³/mol. The zero-order valence-electron chi connectivity index (χ0n) is 8.84. The van der Waals surface area contributed by atoms with Crippen LogP contribution in [0, 0.1) is 6.92 Å². The van der Waals surface area contributed by atoms with E-state index in [1.165, 1.54) is 4.90 Å². The highest BCUT2D eigenvalue weighted by Gasteiger charge is 1.97. The molecule has 0 aliphatic rings. The van der Waals surface area contributed by atoms with Crippen LogP contribution in [0.1, 0.15) is 5.56 Å². The van der Waals surface area contributed by atoms with Crippen LogP contribution in [-0.2, 0) is 0 Å². The first kappa shape index (κ1) is 11.0. The summed E-state index contributed by atoms with van der Waals surface area (Å²) in [6, 6.07) is 12.4. The van der Waals surface area contributed by atoms with Gasteiger partial charge in [-0.2, -0.15) is 0 Å². The molecule has 1 nitrogen and oxygen atoms in total. The molecule has 0 bridgehead atoms. The van der Waals surface area contributed by atoms with Gasteiger partial charge in [0.25, 0.3) is 0 Å². The fourth-order valence-electron chi connectivity index (χ4n) is 1.34. The molecule has 79 valence electrons. The molecule has 0 unspecified atom stereocenters. The minimum absolute atomic E-state index is 1.08. The fourth-order valence-corrected chi connectivity index (χ4v) is 2.22. The lowest BCUT2D eigenvalue weighted by Gasteiger charge is -2.01. The van der Waals surface area contributed by atoms with Gasteiger partial charge < -0.3 is 0 Å². The number of benzene rings is 1. The Morgan fingerprint density at radius 3 is 2.62 bits per heavy atom. The van der Waals surface area contributed by atoms with Crippen LogP contribution >= 0.6 is 11.8 Å². The summed E-state index contributed by atoms with van der Waals surface area (Å²) >= 11 is 1.71. The second kappa shape index (κ2) is 5.52. The number of allylic oxidation sites excluding steroid dienone is 1. The van der Waals surface area contributed by atoms with Crippen LogP contribution in [0.15, 0.2) is 64.7 Å². The van der Waals surface area contributed by atoms with Crippen LogP contribution in [0.5, 0.6) is 0 Å². The number of rotatable bonds is 3. The van der Waals surface area contributed by atoms with E-state index in [2.05, 4.69) is 30.1 Å². The molecule has 0 fully saturated rings. The second-order valence-electron chi connectivity index (χ2n) is 3.27. The average molecular weight is 226 g/mol. The second-order valence-corrected chi connectivity index (χ2v) is 4.42. The van der Waals surface area contributed by atoms with Crippen LogP contribution in [-0.4, -0.2) is 4.98 Å². The van der Waals surface area contributed by atoms with Crippen LogP contribution < -0.4 is 0 Å². The van der Waals surface area contributed by atoms with Crippen LogP contribution in [0.4, 0.5) is 0 Å². The largest absolute Gasteiger partial charge is 0.263 e. The van der Waals surface area contributed by atoms with Crippen molar-refractivity contribution in [2.75, 3.05) is 0 Å². The maximum atomic E-state index is 4.20. The van der Waals surface area contributed by atoms with E-state index >= 15 is 0 Å². The maximum Gasteiger partial charge on any atom is 0.0407 e. The number of hydrogen-bond donors (Lipinski definition) is 0. The highest BCUT2D eigenvalue weighted by atomic mass is 32.2. The van der Waals surface area contributed by atoms with Crippen molar-refractivity contribution in [3.63, 3.8) is 0 Å². The summed E-state index contributed by atoms with van der Waals surface area (Å²) in [5.41, 5.74) is 1.08. The number of pyridine rings is 1. The molecule has 0 aliphatic heterocycles. The van der Waals surface area contributed by atoms with E-state index in [1.807, 2.05) is 36.7 Å². The van der Waals surface area contributed by atoms with Crippen LogP contribution in [0.2, 0.25) is 0 Å². The molecular weight excluding hydrogens is 214 g/mol. The molecule has 1 radical (unpaired) electrons. The van der Waals surface area contributed by atoms with E-state index in [0.29, 0.717) is 0 Å². The Bertz CT molecular complexity index is 477. The molecule has 0 atom stereocenters. The van der Waals surface area contributed by atoms with Crippen molar-refractivity contribution in [3.05, 3.63) is 67.4 Å². The smallest absolute Gasteiger partial charge is 0.0407 e. The molecule has 2 heteroatoms. The standard InChI is InChI=1S/C14H12NS/c1-2-6-12-9-14(11-15-10-12)16-13-7-4-3-5-8-13/h2-11H,1H2/b6-2+. The lowest BCUT2D eigenvalue weighted by Crippen LogP contribution is -1.79. The highest BCUT2D eigenvalue weighted by Crippen LogP contribution is 2.27. The molecule has 0 spiro atoms. The van der Waals surface area contributed by atoms with Crippen molar-refractivity contribution in [3.8, 4) is 0 Å². The minimum Gasteiger partial charge on any atom is -0.263 e.